The standard InChI is InChI=1S/C15H22N2O3/c1-10-5-6-14(20-4)13(9-10)11(2)17-15(19)7-8-16-12(3)18/h5-6,9,11H,7-8H2,1-4H3,(H,16,18)(H,17,19). The van der Waals surface area contributed by atoms with E-state index in [0.29, 0.717) is 6.54 Å². The van der Waals surface area contributed by atoms with Gasteiger partial charge >= 0.3 is 0 Å². The van der Waals surface area contributed by atoms with E-state index in [0.717, 1.165) is 16.9 Å². The Morgan fingerprint density at radius 3 is 2.65 bits per heavy atom. The third-order valence-electron chi connectivity index (χ3n) is 2.96. The Bertz CT molecular complexity index is 486. The van der Waals surface area contributed by atoms with Crippen LogP contribution in [0.25, 0.3) is 0 Å². The lowest BCUT2D eigenvalue weighted by Crippen LogP contribution is -2.31. The van der Waals surface area contributed by atoms with Crippen LogP contribution in [-0.2, 0) is 9.59 Å². The summed E-state index contributed by atoms with van der Waals surface area (Å²) in [6, 6.07) is 5.71. The first-order chi connectivity index (χ1) is 9.43. The quantitative estimate of drug-likeness (QED) is 0.832. The number of benzene rings is 1. The van der Waals surface area contributed by atoms with Gasteiger partial charge in [-0.15, -0.1) is 0 Å². The van der Waals surface area contributed by atoms with Crippen molar-refractivity contribution < 1.29 is 14.3 Å². The Hall–Kier alpha value is -2.04. The minimum atomic E-state index is -0.144. The van der Waals surface area contributed by atoms with Crippen molar-refractivity contribution in [2.75, 3.05) is 13.7 Å². The SMILES string of the molecule is COc1ccc(C)cc1C(C)NC(=O)CCNC(C)=O. The number of amides is 2. The first-order valence-corrected chi connectivity index (χ1v) is 6.62. The minimum absolute atomic E-state index is 0.102. The fraction of sp³-hybridized carbons (Fsp3) is 0.467. The first-order valence-electron chi connectivity index (χ1n) is 6.62. The molecule has 0 aliphatic carbocycles. The van der Waals surface area contributed by atoms with Gasteiger partial charge in [-0.25, -0.2) is 0 Å². The van der Waals surface area contributed by atoms with Gasteiger partial charge in [0.1, 0.15) is 5.75 Å². The Labute approximate surface area is 119 Å². The molecule has 0 aromatic heterocycles. The second kappa shape index (κ2) is 7.53. The predicted molar refractivity (Wildman–Crippen MR) is 77.6 cm³/mol. The van der Waals surface area contributed by atoms with E-state index < -0.39 is 0 Å². The average Bonchev–Trinajstić information content (AvgIpc) is 2.38. The number of carbonyl (C=O) groups excluding carboxylic acids is 2. The van der Waals surface area contributed by atoms with Crippen molar-refractivity contribution in [2.45, 2.75) is 33.2 Å². The summed E-state index contributed by atoms with van der Waals surface area (Å²) in [5.41, 5.74) is 2.06. The van der Waals surface area contributed by atoms with Gasteiger partial charge in [0, 0.05) is 25.5 Å². The zero-order chi connectivity index (χ0) is 15.1. The van der Waals surface area contributed by atoms with Crippen molar-refractivity contribution in [2.24, 2.45) is 0 Å². The van der Waals surface area contributed by atoms with Crippen LogP contribution in [0.4, 0.5) is 0 Å². The van der Waals surface area contributed by atoms with Crippen LogP contribution < -0.4 is 15.4 Å². The van der Waals surface area contributed by atoms with Gasteiger partial charge < -0.3 is 15.4 Å². The number of hydrogen-bond donors (Lipinski definition) is 2. The smallest absolute Gasteiger partial charge is 0.222 e. The van der Waals surface area contributed by atoms with E-state index in [1.807, 2.05) is 32.0 Å². The van der Waals surface area contributed by atoms with E-state index in [9.17, 15) is 9.59 Å². The monoisotopic (exact) mass is 278 g/mol. The van der Waals surface area contributed by atoms with Crippen LogP contribution in [0.15, 0.2) is 18.2 Å². The molecule has 0 bridgehead atoms. The summed E-state index contributed by atoms with van der Waals surface area (Å²) in [6.07, 6.45) is 0.262. The molecule has 0 saturated heterocycles. The van der Waals surface area contributed by atoms with Gasteiger partial charge in [-0.3, -0.25) is 9.59 Å². The van der Waals surface area contributed by atoms with Crippen LogP contribution in [0.5, 0.6) is 5.75 Å². The molecule has 2 amide bonds. The summed E-state index contributed by atoms with van der Waals surface area (Å²) in [7, 11) is 1.61. The van der Waals surface area contributed by atoms with Crippen molar-refractivity contribution in [1.29, 1.82) is 0 Å². The van der Waals surface area contributed by atoms with E-state index in [2.05, 4.69) is 10.6 Å². The maximum atomic E-state index is 11.8. The van der Waals surface area contributed by atoms with Gasteiger partial charge in [0.25, 0.3) is 0 Å². The van der Waals surface area contributed by atoms with Crippen molar-refractivity contribution in [1.82, 2.24) is 10.6 Å². The lowest BCUT2D eigenvalue weighted by Gasteiger charge is -2.18. The highest BCUT2D eigenvalue weighted by Crippen LogP contribution is 2.25. The van der Waals surface area contributed by atoms with Gasteiger partial charge in [0.15, 0.2) is 0 Å². The maximum absolute atomic E-state index is 11.8. The Morgan fingerprint density at radius 2 is 2.05 bits per heavy atom. The van der Waals surface area contributed by atoms with Crippen molar-refractivity contribution in [3.05, 3.63) is 29.3 Å². The van der Waals surface area contributed by atoms with E-state index in [1.54, 1.807) is 7.11 Å². The van der Waals surface area contributed by atoms with Crippen LogP contribution in [-0.4, -0.2) is 25.5 Å². The van der Waals surface area contributed by atoms with Gasteiger partial charge in [0.05, 0.1) is 13.2 Å². The number of rotatable bonds is 6. The molecule has 1 rings (SSSR count). The van der Waals surface area contributed by atoms with Crippen LogP contribution in [0.1, 0.15) is 37.4 Å². The summed E-state index contributed by atoms with van der Waals surface area (Å²) in [4.78, 5) is 22.5. The van der Waals surface area contributed by atoms with Crippen molar-refractivity contribution in [3.8, 4) is 5.75 Å². The minimum Gasteiger partial charge on any atom is -0.496 e. The molecular formula is C15H22N2O3. The molecule has 5 nitrogen and oxygen atoms in total. The molecule has 0 heterocycles. The second-order valence-electron chi connectivity index (χ2n) is 4.77. The molecule has 20 heavy (non-hydrogen) atoms. The van der Waals surface area contributed by atoms with Crippen LogP contribution in [0, 0.1) is 6.92 Å². The highest BCUT2D eigenvalue weighted by molar-refractivity contribution is 5.78. The molecule has 0 aliphatic heterocycles. The number of nitrogens with one attached hydrogen (secondary N) is 2. The molecule has 2 N–H and O–H groups in total. The van der Waals surface area contributed by atoms with Gasteiger partial charge in [0.2, 0.25) is 11.8 Å². The fourth-order valence-electron chi connectivity index (χ4n) is 1.94. The second-order valence-corrected chi connectivity index (χ2v) is 4.77. The number of ether oxygens (including phenoxy) is 1. The summed E-state index contributed by atoms with van der Waals surface area (Å²) >= 11 is 0. The van der Waals surface area contributed by atoms with Gasteiger partial charge in [-0.2, -0.15) is 0 Å². The van der Waals surface area contributed by atoms with E-state index in [1.165, 1.54) is 6.92 Å². The highest BCUT2D eigenvalue weighted by Gasteiger charge is 2.14. The maximum Gasteiger partial charge on any atom is 0.222 e. The predicted octanol–water partition coefficient (Wildman–Crippen LogP) is 1.71. The largest absolute Gasteiger partial charge is 0.496 e. The highest BCUT2D eigenvalue weighted by atomic mass is 16.5. The molecular weight excluding hydrogens is 256 g/mol. The Kier molecular flexibility index (Phi) is 6.03. The topological polar surface area (TPSA) is 67.4 Å². The van der Waals surface area contributed by atoms with Gasteiger partial charge in [-0.1, -0.05) is 17.7 Å². The summed E-state index contributed by atoms with van der Waals surface area (Å²) in [5.74, 6) is 0.520. The zero-order valence-corrected chi connectivity index (χ0v) is 12.4. The van der Waals surface area contributed by atoms with Crippen LogP contribution in [0.2, 0.25) is 0 Å². The first kappa shape index (κ1) is 16.0. The molecule has 1 aromatic carbocycles. The number of aryl methyl sites for hydroxylation is 1. The molecule has 0 spiro atoms. The number of carbonyl (C=O) groups is 2. The molecule has 110 valence electrons. The average molecular weight is 278 g/mol. The summed E-state index contributed by atoms with van der Waals surface area (Å²) in [5, 5.41) is 5.50. The molecule has 0 aliphatic rings. The molecule has 0 fully saturated rings. The van der Waals surface area contributed by atoms with Crippen LogP contribution in [0.3, 0.4) is 0 Å². The molecule has 1 aromatic rings. The third-order valence-corrected chi connectivity index (χ3v) is 2.96. The number of hydrogen-bond acceptors (Lipinski definition) is 3. The van der Waals surface area contributed by atoms with Crippen LogP contribution >= 0.6 is 0 Å². The normalized spacial score (nSPS) is 11.6. The lowest BCUT2D eigenvalue weighted by molar-refractivity contribution is -0.122. The molecule has 1 atom stereocenters. The Morgan fingerprint density at radius 1 is 1.35 bits per heavy atom. The van der Waals surface area contributed by atoms with Crippen molar-refractivity contribution >= 4 is 11.8 Å². The van der Waals surface area contributed by atoms with E-state index in [4.69, 9.17) is 4.74 Å². The summed E-state index contributed by atoms with van der Waals surface area (Å²) < 4.78 is 5.31. The molecule has 0 saturated carbocycles. The molecule has 5 heteroatoms. The Balaban J connectivity index is 2.61. The molecule has 0 radical (unpaired) electrons. The third kappa shape index (κ3) is 4.91. The van der Waals surface area contributed by atoms with E-state index in [-0.39, 0.29) is 24.3 Å². The zero-order valence-electron chi connectivity index (χ0n) is 12.4. The lowest BCUT2D eigenvalue weighted by atomic mass is 10.0. The van der Waals surface area contributed by atoms with E-state index >= 15 is 0 Å². The van der Waals surface area contributed by atoms with Crippen molar-refractivity contribution in [3.63, 3.8) is 0 Å². The fourth-order valence-corrected chi connectivity index (χ4v) is 1.94. The molecule has 1 unspecified atom stereocenters. The number of methoxy groups -OCH3 is 1. The van der Waals surface area contributed by atoms with Gasteiger partial charge in [-0.05, 0) is 19.9 Å². The summed E-state index contributed by atoms with van der Waals surface area (Å²) in [6.45, 7) is 5.68.